The van der Waals surface area contributed by atoms with Crippen molar-refractivity contribution >= 4 is 11.6 Å². The molecule has 0 aliphatic carbocycles. The molecule has 0 aliphatic heterocycles. The Morgan fingerprint density at radius 1 is 1.17 bits per heavy atom. The largest absolute Gasteiger partial charge is 0.439 e. The molecule has 118 valence electrons. The van der Waals surface area contributed by atoms with E-state index in [9.17, 15) is 4.39 Å². The van der Waals surface area contributed by atoms with Gasteiger partial charge in [-0.15, -0.1) is 0 Å². The van der Waals surface area contributed by atoms with Crippen molar-refractivity contribution in [1.82, 2.24) is 10.3 Å². The molecule has 0 radical (unpaired) electrons. The van der Waals surface area contributed by atoms with Crippen molar-refractivity contribution in [2.24, 2.45) is 0 Å². The van der Waals surface area contributed by atoms with Crippen molar-refractivity contribution in [3.05, 3.63) is 77.0 Å². The number of halogens is 2. The fourth-order valence-electron chi connectivity index (χ4n) is 2.32. The maximum atomic E-state index is 12.9. The molecule has 3 aromatic rings. The highest BCUT2D eigenvalue weighted by Crippen LogP contribution is 2.23. The van der Waals surface area contributed by atoms with Gasteiger partial charge in [-0.1, -0.05) is 29.8 Å². The molecule has 1 aromatic heterocycles. The lowest BCUT2D eigenvalue weighted by molar-refractivity contribution is 0.454. The Kier molecular flexibility index (Phi) is 4.74. The number of benzene rings is 2. The summed E-state index contributed by atoms with van der Waals surface area (Å²) in [5, 5.41) is 4.06. The predicted molar refractivity (Wildman–Crippen MR) is 88.6 cm³/mol. The Morgan fingerprint density at radius 2 is 1.91 bits per heavy atom. The average Bonchev–Trinajstić information content (AvgIpc) is 3.03. The van der Waals surface area contributed by atoms with E-state index in [0.29, 0.717) is 18.2 Å². The minimum absolute atomic E-state index is 0.0740. The summed E-state index contributed by atoms with van der Waals surface area (Å²) >= 11 is 6.19. The highest BCUT2D eigenvalue weighted by atomic mass is 35.5. The lowest BCUT2D eigenvalue weighted by Gasteiger charge is -2.14. The molecule has 3 nitrogen and oxygen atoms in total. The molecule has 23 heavy (non-hydrogen) atoms. The van der Waals surface area contributed by atoms with E-state index in [4.69, 9.17) is 16.0 Å². The van der Waals surface area contributed by atoms with Gasteiger partial charge >= 0.3 is 0 Å². The standard InChI is InChI=1S/C18H16ClFN2O/c1-12(15-4-2-3-5-16(15)19)21-11-18-22-10-17(23-18)13-6-8-14(20)9-7-13/h2-10,12,21H,11H2,1H3. The zero-order chi connectivity index (χ0) is 16.2. The second-order valence-electron chi connectivity index (χ2n) is 5.25. The van der Waals surface area contributed by atoms with Crippen LogP contribution < -0.4 is 5.32 Å². The molecule has 5 heteroatoms. The van der Waals surface area contributed by atoms with Crippen molar-refractivity contribution in [3.8, 4) is 11.3 Å². The van der Waals surface area contributed by atoms with E-state index in [0.717, 1.165) is 16.1 Å². The molecule has 0 fully saturated rings. The number of rotatable bonds is 5. The number of nitrogens with zero attached hydrogens (tertiary/aromatic N) is 1. The molecule has 1 atom stereocenters. The summed E-state index contributed by atoms with van der Waals surface area (Å²) < 4.78 is 18.6. The molecule has 0 saturated heterocycles. The molecule has 0 aliphatic rings. The van der Waals surface area contributed by atoms with Gasteiger partial charge in [0.15, 0.2) is 5.76 Å². The summed E-state index contributed by atoms with van der Waals surface area (Å²) in [6.45, 7) is 2.51. The van der Waals surface area contributed by atoms with Crippen LogP contribution in [-0.2, 0) is 6.54 Å². The van der Waals surface area contributed by atoms with Gasteiger partial charge in [-0.25, -0.2) is 9.37 Å². The van der Waals surface area contributed by atoms with Gasteiger partial charge in [0.25, 0.3) is 0 Å². The molecular weight excluding hydrogens is 315 g/mol. The summed E-state index contributed by atoms with van der Waals surface area (Å²) in [5.41, 5.74) is 1.82. The maximum Gasteiger partial charge on any atom is 0.208 e. The third kappa shape index (κ3) is 3.78. The first-order valence-electron chi connectivity index (χ1n) is 7.32. The van der Waals surface area contributed by atoms with Crippen molar-refractivity contribution < 1.29 is 8.81 Å². The van der Waals surface area contributed by atoms with Crippen LogP contribution in [-0.4, -0.2) is 4.98 Å². The summed E-state index contributed by atoms with van der Waals surface area (Å²) in [6, 6.07) is 13.9. The Hall–Kier alpha value is -2.17. The first-order valence-corrected chi connectivity index (χ1v) is 7.70. The van der Waals surface area contributed by atoms with E-state index in [1.807, 2.05) is 31.2 Å². The molecule has 0 bridgehead atoms. The maximum absolute atomic E-state index is 12.9. The second kappa shape index (κ2) is 6.94. The van der Waals surface area contributed by atoms with Crippen LogP contribution in [0.3, 0.4) is 0 Å². The van der Waals surface area contributed by atoms with Gasteiger partial charge in [0.1, 0.15) is 5.82 Å². The number of aromatic nitrogens is 1. The van der Waals surface area contributed by atoms with Crippen molar-refractivity contribution in [1.29, 1.82) is 0 Å². The van der Waals surface area contributed by atoms with E-state index >= 15 is 0 Å². The molecule has 3 rings (SSSR count). The van der Waals surface area contributed by atoms with E-state index < -0.39 is 0 Å². The smallest absolute Gasteiger partial charge is 0.208 e. The monoisotopic (exact) mass is 330 g/mol. The molecule has 2 aromatic carbocycles. The second-order valence-corrected chi connectivity index (χ2v) is 5.66. The number of oxazole rings is 1. The molecule has 0 saturated carbocycles. The number of hydrogen-bond acceptors (Lipinski definition) is 3. The minimum Gasteiger partial charge on any atom is -0.439 e. The van der Waals surface area contributed by atoms with Crippen molar-refractivity contribution in [2.45, 2.75) is 19.5 Å². The summed E-state index contributed by atoms with van der Waals surface area (Å²) in [5.74, 6) is 0.916. The van der Waals surface area contributed by atoms with Crippen LogP contribution in [0.25, 0.3) is 11.3 Å². The SMILES string of the molecule is CC(NCc1ncc(-c2ccc(F)cc2)o1)c1ccccc1Cl. The average molecular weight is 331 g/mol. The van der Waals surface area contributed by atoms with Gasteiger partial charge < -0.3 is 9.73 Å². The van der Waals surface area contributed by atoms with Crippen molar-refractivity contribution in [3.63, 3.8) is 0 Å². The highest BCUT2D eigenvalue weighted by Gasteiger charge is 2.11. The summed E-state index contributed by atoms with van der Waals surface area (Å²) in [6.07, 6.45) is 1.64. The van der Waals surface area contributed by atoms with Crippen LogP contribution in [0.2, 0.25) is 5.02 Å². The first-order chi connectivity index (χ1) is 11.1. The number of nitrogens with one attached hydrogen (secondary N) is 1. The number of hydrogen-bond donors (Lipinski definition) is 1. The zero-order valence-electron chi connectivity index (χ0n) is 12.6. The van der Waals surface area contributed by atoms with Crippen LogP contribution in [0.15, 0.2) is 59.1 Å². The van der Waals surface area contributed by atoms with Crippen molar-refractivity contribution in [2.75, 3.05) is 0 Å². The van der Waals surface area contributed by atoms with Gasteiger partial charge in [0, 0.05) is 16.6 Å². The van der Waals surface area contributed by atoms with E-state index in [-0.39, 0.29) is 11.9 Å². The van der Waals surface area contributed by atoms with Crippen LogP contribution in [0, 0.1) is 5.82 Å². The van der Waals surface area contributed by atoms with Crippen LogP contribution in [0.4, 0.5) is 4.39 Å². The Balaban J connectivity index is 1.65. The Bertz CT molecular complexity index is 786. The summed E-state index contributed by atoms with van der Waals surface area (Å²) in [4.78, 5) is 4.25. The minimum atomic E-state index is -0.274. The van der Waals surface area contributed by atoms with Crippen LogP contribution >= 0.6 is 11.6 Å². The van der Waals surface area contributed by atoms with E-state index in [2.05, 4.69) is 10.3 Å². The molecule has 0 amide bonds. The topological polar surface area (TPSA) is 38.1 Å². The molecule has 1 N–H and O–H groups in total. The first kappa shape index (κ1) is 15.7. The molecular formula is C18H16ClFN2O. The predicted octanol–water partition coefficient (Wildman–Crippen LogP) is 4.98. The molecule has 1 heterocycles. The fraction of sp³-hybridized carbons (Fsp3) is 0.167. The van der Waals surface area contributed by atoms with Gasteiger partial charge in [-0.2, -0.15) is 0 Å². The third-order valence-electron chi connectivity index (χ3n) is 3.61. The molecule has 0 spiro atoms. The summed E-state index contributed by atoms with van der Waals surface area (Å²) in [7, 11) is 0. The Labute approximate surface area is 139 Å². The van der Waals surface area contributed by atoms with Gasteiger partial charge in [-0.3, -0.25) is 0 Å². The van der Waals surface area contributed by atoms with Gasteiger partial charge in [0.2, 0.25) is 5.89 Å². The van der Waals surface area contributed by atoms with E-state index in [1.54, 1.807) is 18.3 Å². The fourth-order valence-corrected chi connectivity index (χ4v) is 2.62. The van der Waals surface area contributed by atoms with Gasteiger partial charge in [0.05, 0.1) is 12.7 Å². The zero-order valence-corrected chi connectivity index (χ0v) is 13.3. The normalized spacial score (nSPS) is 12.3. The van der Waals surface area contributed by atoms with E-state index in [1.165, 1.54) is 12.1 Å². The van der Waals surface area contributed by atoms with Crippen LogP contribution in [0.5, 0.6) is 0 Å². The van der Waals surface area contributed by atoms with Crippen LogP contribution in [0.1, 0.15) is 24.4 Å². The highest BCUT2D eigenvalue weighted by molar-refractivity contribution is 6.31. The van der Waals surface area contributed by atoms with Gasteiger partial charge in [-0.05, 0) is 42.8 Å². The Morgan fingerprint density at radius 3 is 2.65 bits per heavy atom. The third-order valence-corrected chi connectivity index (χ3v) is 3.96. The molecule has 1 unspecified atom stereocenters. The quantitative estimate of drug-likeness (QED) is 0.716. The lowest BCUT2D eigenvalue weighted by atomic mass is 10.1. The lowest BCUT2D eigenvalue weighted by Crippen LogP contribution is -2.18.